The Labute approximate surface area is 186 Å². The third-order valence-electron chi connectivity index (χ3n) is 4.89. The minimum Gasteiger partial charge on any atom is -0.362 e. The van der Waals surface area contributed by atoms with Crippen molar-refractivity contribution in [2.45, 2.75) is 47.2 Å². The van der Waals surface area contributed by atoms with Crippen molar-refractivity contribution < 1.29 is 4.39 Å². The predicted molar refractivity (Wildman–Crippen MR) is 123 cm³/mol. The molecule has 0 aliphatic rings. The molecule has 9 heteroatoms. The Balaban J connectivity index is 1.55. The summed E-state index contributed by atoms with van der Waals surface area (Å²) in [4.78, 5) is 0. The van der Waals surface area contributed by atoms with Gasteiger partial charge in [0.15, 0.2) is 5.11 Å². The Morgan fingerprint density at radius 3 is 2.57 bits per heavy atom. The molecule has 6 nitrogen and oxygen atoms in total. The predicted octanol–water partition coefficient (Wildman–Crippen LogP) is 4.53. The molecule has 0 spiro atoms. The van der Waals surface area contributed by atoms with E-state index in [-0.39, 0.29) is 5.82 Å². The van der Waals surface area contributed by atoms with Crippen molar-refractivity contribution in [1.29, 1.82) is 0 Å². The van der Waals surface area contributed by atoms with Crippen molar-refractivity contribution in [3.05, 3.63) is 63.4 Å². The first-order valence-corrected chi connectivity index (χ1v) is 10.6. The number of thiocarbonyl (C=S) groups is 1. The molecule has 3 rings (SSSR count). The summed E-state index contributed by atoms with van der Waals surface area (Å²) in [5, 5.41) is 16.5. The molecule has 0 saturated heterocycles. The summed E-state index contributed by atoms with van der Waals surface area (Å²) in [5.74, 6) is -0.353. The van der Waals surface area contributed by atoms with E-state index in [0.717, 1.165) is 53.5 Å². The number of rotatable bonds is 7. The maximum absolute atomic E-state index is 13.3. The fourth-order valence-electron chi connectivity index (χ4n) is 3.33. The van der Waals surface area contributed by atoms with Gasteiger partial charge in [-0.3, -0.25) is 9.36 Å². The highest BCUT2D eigenvalue weighted by molar-refractivity contribution is 7.80. The van der Waals surface area contributed by atoms with Crippen molar-refractivity contribution in [2.24, 2.45) is 0 Å². The van der Waals surface area contributed by atoms with Gasteiger partial charge in [0.1, 0.15) is 5.82 Å². The van der Waals surface area contributed by atoms with Gasteiger partial charge in [-0.1, -0.05) is 17.7 Å². The van der Waals surface area contributed by atoms with Gasteiger partial charge in [0.05, 0.1) is 29.3 Å². The van der Waals surface area contributed by atoms with Crippen LogP contribution in [0.15, 0.2) is 24.3 Å². The number of halogens is 2. The van der Waals surface area contributed by atoms with E-state index in [9.17, 15) is 4.39 Å². The van der Waals surface area contributed by atoms with Crippen molar-refractivity contribution in [1.82, 2.24) is 24.9 Å². The first kappa shape index (κ1) is 22.2. The molecule has 0 amide bonds. The standard InChI is InChI=1S/C21H26ClFN6S/c1-13-10-14(2)28(26-13)9-5-8-24-21(30)25-20-15(3)27-29(16(20)4)12-17-6-7-18(23)11-19(17)22/h6-7,10-11H,5,8-9,12H2,1-4H3,(H2,24,25,30). The average Bonchev–Trinajstić information content (AvgIpc) is 3.13. The van der Waals surface area contributed by atoms with Gasteiger partial charge >= 0.3 is 0 Å². The molecule has 160 valence electrons. The molecule has 1 aromatic carbocycles. The molecule has 0 bridgehead atoms. The third-order valence-corrected chi connectivity index (χ3v) is 5.49. The minimum absolute atomic E-state index is 0.353. The summed E-state index contributed by atoms with van der Waals surface area (Å²) in [6, 6.07) is 6.46. The summed E-state index contributed by atoms with van der Waals surface area (Å²) in [6.07, 6.45) is 0.907. The lowest BCUT2D eigenvalue weighted by molar-refractivity contribution is 0.558. The smallest absolute Gasteiger partial charge is 0.170 e. The van der Waals surface area contributed by atoms with Crippen LogP contribution in [0.3, 0.4) is 0 Å². The molecular formula is C21H26ClFN6S. The lowest BCUT2D eigenvalue weighted by Gasteiger charge is -2.12. The van der Waals surface area contributed by atoms with E-state index >= 15 is 0 Å². The fourth-order valence-corrected chi connectivity index (χ4v) is 3.76. The molecule has 0 unspecified atom stereocenters. The van der Waals surface area contributed by atoms with Gasteiger partial charge in [-0.05, 0) is 70.1 Å². The number of hydrogen-bond acceptors (Lipinski definition) is 3. The molecule has 0 aliphatic carbocycles. The van der Waals surface area contributed by atoms with Crippen LogP contribution < -0.4 is 10.6 Å². The Morgan fingerprint density at radius 1 is 1.13 bits per heavy atom. The number of nitrogens with zero attached hydrogens (tertiary/aromatic N) is 4. The van der Waals surface area contributed by atoms with Gasteiger partial charge in [0.2, 0.25) is 0 Å². The summed E-state index contributed by atoms with van der Waals surface area (Å²) in [7, 11) is 0. The van der Waals surface area contributed by atoms with Crippen molar-refractivity contribution in [3.63, 3.8) is 0 Å². The molecule has 0 aliphatic heterocycles. The zero-order chi connectivity index (χ0) is 21.8. The van der Waals surface area contributed by atoms with Gasteiger partial charge < -0.3 is 10.6 Å². The van der Waals surface area contributed by atoms with Crippen LogP contribution in [0.25, 0.3) is 0 Å². The van der Waals surface area contributed by atoms with E-state index in [1.807, 2.05) is 30.1 Å². The summed E-state index contributed by atoms with van der Waals surface area (Å²) in [5.41, 5.74) is 5.62. The molecule has 0 radical (unpaired) electrons. The highest BCUT2D eigenvalue weighted by Gasteiger charge is 2.14. The molecule has 2 heterocycles. The van der Waals surface area contributed by atoms with E-state index in [2.05, 4.69) is 33.8 Å². The van der Waals surface area contributed by atoms with Crippen molar-refractivity contribution in [2.75, 3.05) is 11.9 Å². The number of nitrogens with one attached hydrogen (secondary N) is 2. The highest BCUT2D eigenvalue weighted by atomic mass is 35.5. The fraction of sp³-hybridized carbons (Fsp3) is 0.381. The quantitative estimate of drug-likeness (QED) is 0.410. The normalized spacial score (nSPS) is 11.0. The van der Waals surface area contributed by atoms with Crippen molar-refractivity contribution >= 4 is 34.6 Å². The first-order chi connectivity index (χ1) is 14.2. The second-order valence-corrected chi connectivity index (χ2v) is 8.14. The Hall–Kier alpha value is -2.45. The maximum atomic E-state index is 13.3. The lowest BCUT2D eigenvalue weighted by atomic mass is 10.2. The van der Waals surface area contributed by atoms with Crippen LogP contribution in [0, 0.1) is 33.5 Å². The third kappa shape index (κ3) is 5.37. The van der Waals surface area contributed by atoms with Crippen molar-refractivity contribution in [3.8, 4) is 0 Å². The zero-order valence-corrected chi connectivity index (χ0v) is 19.2. The van der Waals surface area contributed by atoms with E-state index in [1.165, 1.54) is 12.1 Å². The number of aryl methyl sites for hydroxylation is 4. The van der Waals surface area contributed by atoms with E-state index in [0.29, 0.717) is 16.7 Å². The van der Waals surface area contributed by atoms with Crippen LogP contribution >= 0.6 is 23.8 Å². The molecule has 0 fully saturated rings. The molecule has 30 heavy (non-hydrogen) atoms. The van der Waals surface area contributed by atoms with Crippen LogP contribution in [-0.2, 0) is 13.1 Å². The summed E-state index contributed by atoms with van der Waals surface area (Å²) in [6.45, 7) is 9.97. The van der Waals surface area contributed by atoms with Crippen LogP contribution in [-0.4, -0.2) is 31.2 Å². The van der Waals surface area contributed by atoms with E-state index in [1.54, 1.807) is 6.07 Å². The van der Waals surface area contributed by atoms with Gasteiger partial charge in [0.25, 0.3) is 0 Å². The molecule has 2 aromatic heterocycles. The first-order valence-electron chi connectivity index (χ1n) is 9.78. The van der Waals surface area contributed by atoms with Crippen LogP contribution in [0.4, 0.5) is 10.1 Å². The zero-order valence-electron chi connectivity index (χ0n) is 17.6. The molecular weight excluding hydrogens is 423 g/mol. The van der Waals surface area contributed by atoms with Crippen LogP contribution in [0.5, 0.6) is 0 Å². The van der Waals surface area contributed by atoms with E-state index in [4.69, 9.17) is 23.8 Å². The molecule has 3 aromatic rings. The van der Waals surface area contributed by atoms with Crippen LogP contribution in [0.1, 0.15) is 34.8 Å². The van der Waals surface area contributed by atoms with Gasteiger partial charge in [0, 0.05) is 23.8 Å². The Bertz CT molecular complexity index is 1060. The largest absolute Gasteiger partial charge is 0.362 e. The molecule has 2 N–H and O–H groups in total. The van der Waals surface area contributed by atoms with E-state index < -0.39 is 0 Å². The molecule has 0 atom stereocenters. The second kappa shape index (κ2) is 9.57. The Morgan fingerprint density at radius 2 is 1.90 bits per heavy atom. The maximum Gasteiger partial charge on any atom is 0.170 e. The Kier molecular flexibility index (Phi) is 7.10. The second-order valence-electron chi connectivity index (χ2n) is 7.32. The summed E-state index contributed by atoms with van der Waals surface area (Å²) < 4.78 is 17.1. The molecule has 0 saturated carbocycles. The summed E-state index contributed by atoms with van der Waals surface area (Å²) >= 11 is 11.6. The number of aromatic nitrogens is 4. The lowest BCUT2D eigenvalue weighted by Crippen LogP contribution is -2.30. The van der Waals surface area contributed by atoms with Gasteiger partial charge in [-0.15, -0.1) is 0 Å². The highest BCUT2D eigenvalue weighted by Crippen LogP contribution is 2.23. The monoisotopic (exact) mass is 448 g/mol. The van der Waals surface area contributed by atoms with Crippen LogP contribution in [0.2, 0.25) is 5.02 Å². The minimum atomic E-state index is -0.353. The van der Waals surface area contributed by atoms with Gasteiger partial charge in [-0.2, -0.15) is 10.2 Å². The number of anilines is 1. The number of benzene rings is 1. The van der Waals surface area contributed by atoms with Gasteiger partial charge in [-0.25, -0.2) is 4.39 Å². The number of hydrogen-bond donors (Lipinski definition) is 2. The SMILES string of the molecule is Cc1cc(C)n(CCCNC(=S)Nc2c(C)nn(Cc3ccc(F)cc3Cl)c2C)n1. The average molecular weight is 449 g/mol. The topological polar surface area (TPSA) is 59.7 Å².